The maximum absolute atomic E-state index is 11.2. The summed E-state index contributed by atoms with van der Waals surface area (Å²) in [6, 6.07) is 6.73. The first-order chi connectivity index (χ1) is 9.10. The van der Waals surface area contributed by atoms with Crippen LogP contribution < -0.4 is 16.0 Å². The van der Waals surface area contributed by atoms with Gasteiger partial charge in [0.2, 0.25) is 0 Å². The predicted molar refractivity (Wildman–Crippen MR) is 73.7 cm³/mol. The maximum Gasteiger partial charge on any atom is 0.285 e. The molecule has 0 fully saturated rings. The number of rotatable bonds is 4. The number of aromatic nitrogens is 2. The monoisotopic (exact) mass is 344 g/mol. The summed E-state index contributed by atoms with van der Waals surface area (Å²) in [5, 5.41) is 4.61. The molecule has 6 nitrogen and oxygen atoms in total. The fourth-order valence-corrected chi connectivity index (χ4v) is 2.15. The molecule has 100 valence electrons. The zero-order valence-electron chi connectivity index (χ0n) is 9.64. The van der Waals surface area contributed by atoms with E-state index in [2.05, 4.69) is 21.0 Å². The fraction of sp³-hybridized carbons (Fsp3) is 0.0909. The van der Waals surface area contributed by atoms with E-state index in [1.165, 1.54) is 4.68 Å². The van der Waals surface area contributed by atoms with Gasteiger partial charge in [-0.2, -0.15) is 5.10 Å². The van der Waals surface area contributed by atoms with E-state index in [-0.39, 0.29) is 12.4 Å². The number of nitrogens with one attached hydrogen (secondary N) is 1. The normalized spacial score (nSPS) is 10.3. The van der Waals surface area contributed by atoms with E-state index in [1.54, 1.807) is 30.5 Å². The van der Waals surface area contributed by atoms with Gasteiger partial charge < -0.3 is 4.74 Å². The second kappa shape index (κ2) is 6.05. The average molecular weight is 346 g/mol. The molecule has 3 N–H and O–H groups in total. The average Bonchev–Trinajstić information content (AvgIpc) is 2.85. The quantitative estimate of drug-likeness (QED) is 0.504. The lowest BCUT2D eigenvalue weighted by molar-refractivity contribution is 0.0946. The Morgan fingerprint density at radius 2 is 2.32 bits per heavy atom. The lowest BCUT2D eigenvalue weighted by atomic mass is 10.3. The van der Waals surface area contributed by atoms with Crippen molar-refractivity contribution in [2.45, 2.75) is 6.73 Å². The lowest BCUT2D eigenvalue weighted by Gasteiger charge is -2.08. The molecule has 0 aliphatic rings. The number of hydrogen-bond acceptors (Lipinski definition) is 4. The number of ether oxygens (including phenoxy) is 1. The molecule has 0 unspecified atom stereocenters. The van der Waals surface area contributed by atoms with Crippen LogP contribution in [-0.2, 0) is 6.73 Å². The van der Waals surface area contributed by atoms with Crippen LogP contribution in [0, 0.1) is 0 Å². The summed E-state index contributed by atoms with van der Waals surface area (Å²) in [6.07, 6.45) is 1.62. The molecule has 1 aromatic carbocycles. The molecule has 0 aliphatic heterocycles. The number of benzene rings is 1. The highest BCUT2D eigenvalue weighted by molar-refractivity contribution is 9.10. The molecule has 0 atom stereocenters. The third-order valence-corrected chi connectivity index (χ3v) is 3.11. The zero-order chi connectivity index (χ0) is 13.8. The Kier molecular flexibility index (Phi) is 4.41. The van der Waals surface area contributed by atoms with Crippen molar-refractivity contribution in [3.05, 3.63) is 45.7 Å². The van der Waals surface area contributed by atoms with Crippen molar-refractivity contribution in [3.8, 4) is 5.75 Å². The van der Waals surface area contributed by atoms with Crippen LogP contribution in [0.25, 0.3) is 0 Å². The number of nitrogens with two attached hydrogens (primary N) is 1. The van der Waals surface area contributed by atoms with Crippen molar-refractivity contribution < 1.29 is 9.53 Å². The van der Waals surface area contributed by atoms with E-state index in [1.807, 2.05) is 5.43 Å². The first-order valence-electron chi connectivity index (χ1n) is 5.22. The maximum atomic E-state index is 11.2. The van der Waals surface area contributed by atoms with Gasteiger partial charge in [0.1, 0.15) is 5.75 Å². The molecule has 0 saturated heterocycles. The molecule has 19 heavy (non-hydrogen) atoms. The van der Waals surface area contributed by atoms with Gasteiger partial charge in [0.15, 0.2) is 12.4 Å². The number of carbonyl (C=O) groups excluding carboxylic acids is 1. The van der Waals surface area contributed by atoms with Crippen molar-refractivity contribution in [2.24, 2.45) is 5.84 Å². The van der Waals surface area contributed by atoms with Crippen LogP contribution in [-0.4, -0.2) is 15.7 Å². The third kappa shape index (κ3) is 3.46. The summed E-state index contributed by atoms with van der Waals surface area (Å²) in [5.41, 5.74) is 2.23. The largest absolute Gasteiger partial charge is 0.470 e. The Balaban J connectivity index is 2.02. The van der Waals surface area contributed by atoms with Gasteiger partial charge in [-0.3, -0.25) is 10.2 Å². The molecule has 1 heterocycles. The topological polar surface area (TPSA) is 82.2 Å². The summed E-state index contributed by atoms with van der Waals surface area (Å²) in [5.74, 6) is 5.19. The molecule has 0 aliphatic carbocycles. The van der Waals surface area contributed by atoms with Crippen molar-refractivity contribution >= 4 is 33.4 Å². The summed E-state index contributed by atoms with van der Waals surface area (Å²) in [4.78, 5) is 11.2. The Morgan fingerprint density at radius 3 is 3.00 bits per heavy atom. The fourth-order valence-electron chi connectivity index (χ4n) is 1.36. The van der Waals surface area contributed by atoms with E-state index >= 15 is 0 Å². The van der Waals surface area contributed by atoms with Gasteiger partial charge in [0.05, 0.1) is 4.47 Å². The van der Waals surface area contributed by atoms with Crippen LogP contribution >= 0.6 is 27.5 Å². The van der Waals surface area contributed by atoms with E-state index in [9.17, 15) is 4.79 Å². The highest BCUT2D eigenvalue weighted by Crippen LogP contribution is 2.28. The second-order valence-corrected chi connectivity index (χ2v) is 4.85. The standard InChI is InChI=1S/C11H10BrClN4O2/c12-8-5-7(13)1-2-10(8)19-6-17-4-3-9(16-17)11(18)15-14/h1-5H,6,14H2,(H,15,18). The van der Waals surface area contributed by atoms with E-state index in [4.69, 9.17) is 22.2 Å². The number of carbonyl (C=O) groups is 1. The predicted octanol–water partition coefficient (Wildman–Crippen LogP) is 1.94. The summed E-state index contributed by atoms with van der Waals surface area (Å²) in [7, 11) is 0. The Bertz CT molecular complexity index is 602. The molecule has 0 spiro atoms. The first kappa shape index (κ1) is 13.9. The molecule has 8 heteroatoms. The molecule has 0 radical (unpaired) electrons. The second-order valence-electron chi connectivity index (χ2n) is 3.56. The molecule has 2 aromatic rings. The Labute approximate surface area is 122 Å². The van der Waals surface area contributed by atoms with Crippen molar-refractivity contribution in [3.63, 3.8) is 0 Å². The van der Waals surface area contributed by atoms with Crippen LogP contribution in [0.1, 0.15) is 10.5 Å². The molecule has 1 aromatic heterocycles. The first-order valence-corrected chi connectivity index (χ1v) is 6.39. The SMILES string of the molecule is NNC(=O)c1ccn(COc2ccc(Cl)cc2Br)n1. The van der Waals surface area contributed by atoms with Gasteiger partial charge >= 0.3 is 0 Å². The number of nitrogen functional groups attached to an aromatic ring is 1. The van der Waals surface area contributed by atoms with Crippen LogP contribution in [0.5, 0.6) is 5.75 Å². The Hall–Kier alpha value is -1.57. The summed E-state index contributed by atoms with van der Waals surface area (Å²) >= 11 is 9.17. The minimum Gasteiger partial charge on any atom is -0.470 e. The van der Waals surface area contributed by atoms with Crippen LogP contribution in [0.15, 0.2) is 34.9 Å². The number of hydrogen-bond donors (Lipinski definition) is 2. The van der Waals surface area contributed by atoms with E-state index < -0.39 is 5.91 Å². The highest BCUT2D eigenvalue weighted by atomic mass is 79.9. The zero-order valence-corrected chi connectivity index (χ0v) is 12.0. The van der Waals surface area contributed by atoms with Crippen molar-refractivity contribution in [2.75, 3.05) is 0 Å². The summed E-state index contributed by atoms with van der Waals surface area (Å²) in [6.45, 7) is 0.165. The molecular formula is C11H10BrClN4O2. The number of amides is 1. The number of nitrogens with zero attached hydrogens (tertiary/aromatic N) is 2. The van der Waals surface area contributed by atoms with Gasteiger partial charge in [0, 0.05) is 11.2 Å². The van der Waals surface area contributed by atoms with Gasteiger partial charge in [0.25, 0.3) is 5.91 Å². The van der Waals surface area contributed by atoms with Crippen molar-refractivity contribution in [1.82, 2.24) is 15.2 Å². The minimum atomic E-state index is -0.452. The van der Waals surface area contributed by atoms with Gasteiger partial charge in [-0.15, -0.1) is 0 Å². The van der Waals surface area contributed by atoms with Gasteiger partial charge in [-0.25, -0.2) is 10.5 Å². The number of halogens is 2. The highest BCUT2D eigenvalue weighted by Gasteiger charge is 2.08. The Morgan fingerprint density at radius 1 is 1.53 bits per heavy atom. The lowest BCUT2D eigenvalue weighted by Crippen LogP contribution is -2.30. The molecular weight excluding hydrogens is 336 g/mol. The van der Waals surface area contributed by atoms with Crippen LogP contribution in [0.3, 0.4) is 0 Å². The van der Waals surface area contributed by atoms with Crippen LogP contribution in [0.4, 0.5) is 0 Å². The third-order valence-electron chi connectivity index (χ3n) is 2.25. The number of hydrazine groups is 1. The minimum absolute atomic E-state index is 0.165. The molecule has 1 amide bonds. The van der Waals surface area contributed by atoms with Gasteiger partial charge in [-0.05, 0) is 40.2 Å². The molecule has 2 rings (SSSR count). The van der Waals surface area contributed by atoms with Crippen LogP contribution in [0.2, 0.25) is 5.02 Å². The summed E-state index contributed by atoms with van der Waals surface area (Å²) < 4.78 is 7.76. The van der Waals surface area contributed by atoms with Gasteiger partial charge in [-0.1, -0.05) is 11.6 Å². The van der Waals surface area contributed by atoms with E-state index in [0.717, 1.165) is 4.47 Å². The molecule has 0 bridgehead atoms. The molecule has 0 saturated carbocycles. The van der Waals surface area contributed by atoms with E-state index in [0.29, 0.717) is 10.8 Å². The van der Waals surface area contributed by atoms with Crippen molar-refractivity contribution in [1.29, 1.82) is 0 Å². The smallest absolute Gasteiger partial charge is 0.285 e.